The summed E-state index contributed by atoms with van der Waals surface area (Å²) in [5.41, 5.74) is 2.67. The zero-order chi connectivity index (χ0) is 19.5. The molecular formula is C22H19N3O3. The Morgan fingerprint density at radius 2 is 1.82 bits per heavy atom. The molecule has 4 rings (SSSR count). The van der Waals surface area contributed by atoms with Gasteiger partial charge in [0.2, 0.25) is 5.69 Å². The molecule has 2 heterocycles. The van der Waals surface area contributed by atoms with Crippen LogP contribution < -0.4 is 4.74 Å². The lowest BCUT2D eigenvalue weighted by atomic mass is 10.1. The van der Waals surface area contributed by atoms with Gasteiger partial charge in [-0.25, -0.2) is 9.48 Å². The molecule has 0 N–H and O–H groups in total. The highest BCUT2D eigenvalue weighted by Crippen LogP contribution is 2.25. The van der Waals surface area contributed by atoms with Crippen molar-refractivity contribution in [3.05, 3.63) is 84.3 Å². The summed E-state index contributed by atoms with van der Waals surface area (Å²) in [7, 11) is 1.50. The van der Waals surface area contributed by atoms with Crippen LogP contribution in [0.5, 0.6) is 5.75 Å². The summed E-state index contributed by atoms with van der Waals surface area (Å²) in [4.78, 5) is 17.1. The Morgan fingerprint density at radius 3 is 2.61 bits per heavy atom. The molecule has 28 heavy (non-hydrogen) atoms. The van der Waals surface area contributed by atoms with E-state index in [-0.39, 0.29) is 5.69 Å². The van der Waals surface area contributed by atoms with E-state index < -0.39 is 12.1 Å². The number of carbonyl (C=O) groups is 1. The Balaban J connectivity index is 1.58. The molecule has 0 saturated carbocycles. The molecule has 0 aliphatic heterocycles. The van der Waals surface area contributed by atoms with Crippen LogP contribution >= 0.6 is 0 Å². The molecule has 6 heteroatoms. The van der Waals surface area contributed by atoms with Gasteiger partial charge in [-0.1, -0.05) is 36.4 Å². The molecule has 0 saturated heterocycles. The number of fused-ring (bicyclic) bond motifs is 1. The fourth-order valence-electron chi connectivity index (χ4n) is 2.96. The lowest BCUT2D eigenvalue weighted by molar-refractivity contribution is 0.0326. The number of ether oxygens (including phenoxy) is 2. The maximum Gasteiger partial charge on any atom is 0.363 e. The van der Waals surface area contributed by atoms with Crippen molar-refractivity contribution in [1.82, 2.24) is 14.8 Å². The standard InChI is InChI=1S/C22H19N3O3/c1-15(17-12-16-8-6-7-11-19(16)23-13-17)28-22(26)21-20(27-2)14-25(24-21)18-9-4-3-5-10-18/h3-15H,1-2H3. The highest BCUT2D eigenvalue weighted by atomic mass is 16.5. The van der Waals surface area contributed by atoms with Crippen LogP contribution in [0.2, 0.25) is 0 Å². The van der Waals surface area contributed by atoms with E-state index in [1.807, 2.05) is 67.6 Å². The molecule has 0 aliphatic carbocycles. The zero-order valence-corrected chi connectivity index (χ0v) is 15.6. The summed E-state index contributed by atoms with van der Waals surface area (Å²) in [6.45, 7) is 1.81. The molecular weight excluding hydrogens is 354 g/mol. The van der Waals surface area contributed by atoms with Crippen molar-refractivity contribution >= 4 is 16.9 Å². The molecule has 0 radical (unpaired) electrons. The Morgan fingerprint density at radius 1 is 1.07 bits per heavy atom. The van der Waals surface area contributed by atoms with E-state index in [0.29, 0.717) is 5.75 Å². The van der Waals surface area contributed by atoms with Gasteiger partial charge in [0, 0.05) is 17.1 Å². The van der Waals surface area contributed by atoms with Crippen molar-refractivity contribution < 1.29 is 14.3 Å². The maximum absolute atomic E-state index is 12.7. The van der Waals surface area contributed by atoms with Gasteiger partial charge >= 0.3 is 5.97 Å². The van der Waals surface area contributed by atoms with Gasteiger partial charge in [-0.15, -0.1) is 0 Å². The van der Waals surface area contributed by atoms with Crippen molar-refractivity contribution in [2.75, 3.05) is 7.11 Å². The molecule has 140 valence electrons. The van der Waals surface area contributed by atoms with Crippen LogP contribution in [0.25, 0.3) is 16.6 Å². The minimum absolute atomic E-state index is 0.131. The van der Waals surface area contributed by atoms with E-state index in [2.05, 4.69) is 10.1 Å². The van der Waals surface area contributed by atoms with Crippen LogP contribution in [0, 0.1) is 0 Å². The second kappa shape index (κ2) is 7.52. The first kappa shape index (κ1) is 17.7. The highest BCUT2D eigenvalue weighted by Gasteiger charge is 2.22. The predicted molar refractivity (Wildman–Crippen MR) is 106 cm³/mol. The number of aromatic nitrogens is 3. The Labute approximate surface area is 162 Å². The van der Waals surface area contributed by atoms with Gasteiger partial charge in [0.05, 0.1) is 24.5 Å². The number of benzene rings is 2. The molecule has 1 unspecified atom stereocenters. The lowest BCUT2D eigenvalue weighted by Gasteiger charge is -2.13. The van der Waals surface area contributed by atoms with Crippen molar-refractivity contribution in [1.29, 1.82) is 0 Å². The normalized spacial score (nSPS) is 11.9. The van der Waals surface area contributed by atoms with E-state index in [0.717, 1.165) is 22.2 Å². The van der Waals surface area contributed by atoms with Gasteiger partial charge in [-0.3, -0.25) is 4.98 Å². The number of hydrogen-bond acceptors (Lipinski definition) is 5. The zero-order valence-electron chi connectivity index (χ0n) is 15.6. The van der Waals surface area contributed by atoms with Crippen LogP contribution in [-0.2, 0) is 4.74 Å². The number of nitrogens with zero attached hydrogens (tertiary/aromatic N) is 3. The van der Waals surface area contributed by atoms with Crippen LogP contribution in [0.1, 0.15) is 29.1 Å². The molecule has 2 aromatic carbocycles. The number of carbonyl (C=O) groups excluding carboxylic acids is 1. The van der Waals surface area contributed by atoms with Gasteiger partial charge in [0.15, 0.2) is 5.75 Å². The highest BCUT2D eigenvalue weighted by molar-refractivity contribution is 5.90. The van der Waals surface area contributed by atoms with Gasteiger partial charge < -0.3 is 9.47 Å². The number of pyridine rings is 1. The van der Waals surface area contributed by atoms with Crippen molar-refractivity contribution in [3.8, 4) is 11.4 Å². The monoisotopic (exact) mass is 373 g/mol. The van der Waals surface area contributed by atoms with Crippen molar-refractivity contribution in [3.63, 3.8) is 0 Å². The van der Waals surface area contributed by atoms with Gasteiger partial charge in [-0.05, 0) is 31.2 Å². The van der Waals surface area contributed by atoms with Crippen molar-refractivity contribution in [2.24, 2.45) is 0 Å². The van der Waals surface area contributed by atoms with E-state index in [1.165, 1.54) is 7.11 Å². The van der Waals surface area contributed by atoms with Crippen LogP contribution in [-0.4, -0.2) is 27.8 Å². The third-order valence-corrected chi connectivity index (χ3v) is 4.48. The quantitative estimate of drug-likeness (QED) is 0.487. The molecule has 0 spiro atoms. The van der Waals surface area contributed by atoms with E-state index in [1.54, 1.807) is 17.1 Å². The fourth-order valence-corrected chi connectivity index (χ4v) is 2.96. The topological polar surface area (TPSA) is 66.2 Å². The summed E-state index contributed by atoms with van der Waals surface area (Å²) in [5.74, 6) is -0.190. The third-order valence-electron chi connectivity index (χ3n) is 4.48. The van der Waals surface area contributed by atoms with Crippen LogP contribution in [0.4, 0.5) is 0 Å². The van der Waals surface area contributed by atoms with E-state index >= 15 is 0 Å². The van der Waals surface area contributed by atoms with Gasteiger partial charge in [0.25, 0.3) is 0 Å². The minimum Gasteiger partial charge on any atom is -0.493 e. The van der Waals surface area contributed by atoms with Crippen molar-refractivity contribution in [2.45, 2.75) is 13.0 Å². The predicted octanol–water partition coefficient (Wildman–Crippen LogP) is 4.35. The summed E-state index contributed by atoms with van der Waals surface area (Å²) in [6, 6.07) is 19.3. The molecule has 6 nitrogen and oxygen atoms in total. The first-order valence-electron chi connectivity index (χ1n) is 8.90. The summed E-state index contributed by atoms with van der Waals surface area (Å²) in [6.07, 6.45) is 2.91. The molecule has 0 fully saturated rings. The Bertz CT molecular complexity index is 1120. The van der Waals surface area contributed by atoms with Gasteiger partial charge in [-0.2, -0.15) is 5.10 Å². The number of para-hydroxylation sites is 2. The average molecular weight is 373 g/mol. The number of hydrogen-bond donors (Lipinski definition) is 0. The fraction of sp³-hybridized carbons (Fsp3) is 0.136. The molecule has 0 amide bonds. The SMILES string of the molecule is COc1cn(-c2ccccc2)nc1C(=O)OC(C)c1cnc2ccccc2c1. The van der Waals surface area contributed by atoms with E-state index in [4.69, 9.17) is 9.47 Å². The number of esters is 1. The molecule has 1 atom stereocenters. The second-order valence-electron chi connectivity index (χ2n) is 6.34. The first-order chi connectivity index (χ1) is 13.7. The van der Waals surface area contributed by atoms with Gasteiger partial charge in [0.1, 0.15) is 6.10 Å². The minimum atomic E-state index is -0.549. The number of rotatable bonds is 5. The number of methoxy groups -OCH3 is 1. The second-order valence-corrected chi connectivity index (χ2v) is 6.34. The summed E-state index contributed by atoms with van der Waals surface area (Å²) in [5, 5.41) is 5.34. The lowest BCUT2D eigenvalue weighted by Crippen LogP contribution is -2.11. The molecule has 0 aliphatic rings. The largest absolute Gasteiger partial charge is 0.493 e. The summed E-state index contributed by atoms with van der Waals surface area (Å²) < 4.78 is 12.5. The van der Waals surface area contributed by atoms with Crippen LogP contribution in [0.15, 0.2) is 73.1 Å². The molecule has 4 aromatic rings. The smallest absolute Gasteiger partial charge is 0.363 e. The molecule has 2 aromatic heterocycles. The van der Waals surface area contributed by atoms with Crippen LogP contribution in [0.3, 0.4) is 0 Å². The average Bonchev–Trinajstić information content (AvgIpc) is 3.18. The van der Waals surface area contributed by atoms with E-state index in [9.17, 15) is 4.79 Å². The maximum atomic E-state index is 12.7. The first-order valence-corrected chi connectivity index (χ1v) is 8.90. The Hall–Kier alpha value is -3.67. The Kier molecular flexibility index (Phi) is 4.76. The summed E-state index contributed by atoms with van der Waals surface area (Å²) >= 11 is 0. The molecule has 0 bridgehead atoms. The third kappa shape index (κ3) is 3.44.